The van der Waals surface area contributed by atoms with Gasteiger partial charge >= 0.3 is 0 Å². The number of rotatable bonds is 9. The lowest BCUT2D eigenvalue weighted by atomic mass is 10.2. The van der Waals surface area contributed by atoms with Gasteiger partial charge in [-0.25, -0.2) is 4.98 Å². The number of hydrogen-bond donors (Lipinski definition) is 1. The highest BCUT2D eigenvalue weighted by molar-refractivity contribution is 7.84. The van der Waals surface area contributed by atoms with Gasteiger partial charge in [-0.05, 0) is 42.5 Å². The largest absolute Gasteiger partial charge is 0.493 e. The molecule has 1 atom stereocenters. The van der Waals surface area contributed by atoms with Crippen LogP contribution < -0.4 is 14.8 Å². The van der Waals surface area contributed by atoms with E-state index in [0.29, 0.717) is 24.1 Å². The molecule has 1 N–H and O–H groups in total. The molecule has 1 aliphatic heterocycles. The quantitative estimate of drug-likeness (QED) is 0.367. The number of hydrogen-bond acceptors (Lipinski definition) is 8. The van der Waals surface area contributed by atoms with Crippen molar-refractivity contribution in [2.75, 3.05) is 58.1 Å². The maximum atomic E-state index is 11.7. The third-order valence-electron chi connectivity index (χ3n) is 6.06. The molecule has 5 rings (SSSR count). The molecule has 0 radical (unpaired) electrons. The molecule has 0 aliphatic carbocycles. The molecule has 188 valence electrons. The standard InChI is InChI=1S/C26H29N5O4S/c1-33-23-8-3-20(17-24(23)35-16-13-30-11-14-34-15-12-30)28-26-27-18-19-9-10-31(25(19)29-26)21-4-6-22(7-5-21)36(2)32/h3-10,17-18H,11-16H2,1-2H3,(H,27,28,29). The Kier molecular flexibility index (Phi) is 7.45. The second kappa shape index (κ2) is 11.1. The van der Waals surface area contributed by atoms with Crippen LogP contribution in [0.1, 0.15) is 0 Å². The predicted molar refractivity (Wildman–Crippen MR) is 140 cm³/mol. The lowest BCUT2D eigenvalue weighted by molar-refractivity contribution is 0.0321. The molecule has 0 saturated carbocycles. The minimum atomic E-state index is -1.02. The van der Waals surface area contributed by atoms with Crippen LogP contribution in [-0.2, 0) is 15.5 Å². The maximum absolute atomic E-state index is 11.7. The van der Waals surface area contributed by atoms with Gasteiger partial charge in [0.15, 0.2) is 11.5 Å². The summed E-state index contributed by atoms with van der Waals surface area (Å²) in [4.78, 5) is 12.3. The number of nitrogens with one attached hydrogen (secondary N) is 1. The molecule has 3 heterocycles. The van der Waals surface area contributed by atoms with Crippen molar-refractivity contribution in [2.24, 2.45) is 0 Å². The molecule has 10 heteroatoms. The van der Waals surface area contributed by atoms with Crippen LogP contribution in [0.15, 0.2) is 65.8 Å². The smallest absolute Gasteiger partial charge is 0.229 e. The number of anilines is 2. The van der Waals surface area contributed by atoms with Crippen LogP contribution in [0.5, 0.6) is 11.5 Å². The second-order valence-corrected chi connectivity index (χ2v) is 9.78. The van der Waals surface area contributed by atoms with Crippen molar-refractivity contribution < 1.29 is 18.4 Å². The van der Waals surface area contributed by atoms with Gasteiger partial charge in [0.1, 0.15) is 12.3 Å². The van der Waals surface area contributed by atoms with Crippen LogP contribution in [-0.4, -0.2) is 76.5 Å². The summed E-state index contributed by atoms with van der Waals surface area (Å²) in [5.41, 5.74) is 2.50. The van der Waals surface area contributed by atoms with Crippen molar-refractivity contribution in [1.29, 1.82) is 0 Å². The summed E-state index contributed by atoms with van der Waals surface area (Å²) in [6.07, 6.45) is 5.42. The van der Waals surface area contributed by atoms with Gasteiger partial charge in [0, 0.05) is 76.8 Å². The first-order valence-electron chi connectivity index (χ1n) is 11.8. The normalized spacial score (nSPS) is 15.1. The van der Waals surface area contributed by atoms with Crippen LogP contribution in [0.3, 0.4) is 0 Å². The zero-order valence-corrected chi connectivity index (χ0v) is 21.2. The summed E-state index contributed by atoms with van der Waals surface area (Å²) in [7, 11) is 0.615. The second-order valence-electron chi connectivity index (χ2n) is 8.40. The molecule has 1 aliphatic rings. The summed E-state index contributed by atoms with van der Waals surface area (Å²) >= 11 is 0. The van der Waals surface area contributed by atoms with Crippen LogP contribution in [0.4, 0.5) is 11.6 Å². The number of nitrogens with zero attached hydrogens (tertiary/aromatic N) is 4. The molecule has 0 spiro atoms. The fourth-order valence-corrected chi connectivity index (χ4v) is 4.61. The first-order valence-corrected chi connectivity index (χ1v) is 13.3. The van der Waals surface area contributed by atoms with E-state index >= 15 is 0 Å². The molecule has 4 aromatic rings. The summed E-state index contributed by atoms with van der Waals surface area (Å²) in [5, 5.41) is 4.20. The fraction of sp³-hybridized carbons (Fsp3) is 0.308. The van der Waals surface area contributed by atoms with Crippen molar-refractivity contribution in [1.82, 2.24) is 19.4 Å². The van der Waals surface area contributed by atoms with E-state index in [1.54, 1.807) is 19.6 Å². The molecule has 9 nitrogen and oxygen atoms in total. The minimum Gasteiger partial charge on any atom is -0.493 e. The Morgan fingerprint density at radius 1 is 1.08 bits per heavy atom. The summed E-state index contributed by atoms with van der Waals surface area (Å²) in [5.74, 6) is 1.80. The van der Waals surface area contributed by atoms with Gasteiger partial charge in [0.05, 0.1) is 20.3 Å². The number of methoxy groups -OCH3 is 1. The molecule has 36 heavy (non-hydrogen) atoms. The molecule has 2 aromatic carbocycles. The highest BCUT2D eigenvalue weighted by Gasteiger charge is 2.13. The van der Waals surface area contributed by atoms with E-state index in [4.69, 9.17) is 19.2 Å². The van der Waals surface area contributed by atoms with Crippen LogP contribution in [0, 0.1) is 0 Å². The molecule has 2 aromatic heterocycles. The minimum absolute atomic E-state index is 0.471. The molecule has 0 bridgehead atoms. The van der Waals surface area contributed by atoms with E-state index in [-0.39, 0.29) is 0 Å². The summed E-state index contributed by atoms with van der Waals surface area (Å²) in [6.45, 7) is 4.76. The SMILES string of the molecule is COc1ccc(Nc2ncc3ccn(-c4ccc(S(C)=O)cc4)c3n2)cc1OCCN1CCOCC1. The van der Waals surface area contributed by atoms with Crippen molar-refractivity contribution in [2.45, 2.75) is 4.90 Å². The van der Waals surface area contributed by atoms with Gasteiger partial charge in [-0.3, -0.25) is 9.11 Å². The van der Waals surface area contributed by atoms with Gasteiger partial charge in [0.2, 0.25) is 5.95 Å². The van der Waals surface area contributed by atoms with Gasteiger partial charge in [-0.15, -0.1) is 0 Å². The number of ether oxygens (including phenoxy) is 3. The Hall–Kier alpha value is -3.47. The lowest BCUT2D eigenvalue weighted by Gasteiger charge is -2.26. The predicted octanol–water partition coefficient (Wildman–Crippen LogP) is 3.62. The molecular formula is C26H29N5O4S. The first kappa shape index (κ1) is 24.2. The number of aromatic nitrogens is 3. The Bertz CT molecular complexity index is 1350. The Morgan fingerprint density at radius 2 is 1.89 bits per heavy atom. The van der Waals surface area contributed by atoms with Gasteiger partial charge in [-0.1, -0.05) is 0 Å². The van der Waals surface area contributed by atoms with Crippen LogP contribution in [0.2, 0.25) is 0 Å². The Balaban J connectivity index is 1.33. The highest BCUT2D eigenvalue weighted by Crippen LogP contribution is 2.31. The van der Waals surface area contributed by atoms with E-state index in [1.807, 2.05) is 59.3 Å². The fourth-order valence-electron chi connectivity index (χ4n) is 4.09. The molecule has 1 unspecified atom stereocenters. The lowest BCUT2D eigenvalue weighted by Crippen LogP contribution is -2.38. The average molecular weight is 508 g/mol. The van der Waals surface area contributed by atoms with Crippen LogP contribution in [0.25, 0.3) is 16.7 Å². The summed E-state index contributed by atoms with van der Waals surface area (Å²) < 4.78 is 30.7. The van der Waals surface area contributed by atoms with Crippen molar-refractivity contribution in [3.63, 3.8) is 0 Å². The van der Waals surface area contributed by atoms with E-state index in [9.17, 15) is 4.21 Å². The summed E-state index contributed by atoms with van der Waals surface area (Å²) in [6, 6.07) is 15.3. The number of benzene rings is 2. The van der Waals surface area contributed by atoms with Crippen LogP contribution >= 0.6 is 0 Å². The molecular weight excluding hydrogens is 478 g/mol. The molecule has 1 saturated heterocycles. The Labute approximate surface area is 212 Å². The van der Waals surface area contributed by atoms with E-state index < -0.39 is 10.8 Å². The molecule has 1 fully saturated rings. The average Bonchev–Trinajstić information content (AvgIpc) is 3.33. The van der Waals surface area contributed by atoms with E-state index in [1.165, 1.54) is 0 Å². The van der Waals surface area contributed by atoms with E-state index in [2.05, 4.69) is 15.2 Å². The van der Waals surface area contributed by atoms with Crippen molar-refractivity contribution >= 4 is 33.5 Å². The number of morpholine rings is 1. The maximum Gasteiger partial charge on any atom is 0.229 e. The van der Waals surface area contributed by atoms with Crippen molar-refractivity contribution in [3.05, 3.63) is 60.9 Å². The number of fused-ring (bicyclic) bond motifs is 1. The van der Waals surface area contributed by atoms with Gasteiger partial charge < -0.3 is 24.1 Å². The third-order valence-corrected chi connectivity index (χ3v) is 7.00. The Morgan fingerprint density at radius 3 is 2.64 bits per heavy atom. The zero-order valence-electron chi connectivity index (χ0n) is 20.3. The zero-order chi connectivity index (χ0) is 24.9. The van der Waals surface area contributed by atoms with E-state index in [0.717, 1.165) is 60.2 Å². The van der Waals surface area contributed by atoms with Crippen molar-refractivity contribution in [3.8, 4) is 17.2 Å². The highest BCUT2D eigenvalue weighted by atomic mass is 32.2. The first-order chi connectivity index (χ1) is 17.6. The molecule has 0 amide bonds. The van der Waals surface area contributed by atoms with Gasteiger partial charge in [-0.2, -0.15) is 4.98 Å². The topological polar surface area (TPSA) is 90.7 Å². The third kappa shape index (κ3) is 5.51. The van der Waals surface area contributed by atoms with Gasteiger partial charge in [0.25, 0.3) is 0 Å². The monoisotopic (exact) mass is 507 g/mol.